The molecule has 2 aliphatic rings. The highest BCUT2D eigenvalue weighted by Crippen LogP contribution is 2.30. The predicted octanol–water partition coefficient (Wildman–Crippen LogP) is 0.272. The van der Waals surface area contributed by atoms with Crippen molar-refractivity contribution in [3.05, 3.63) is 28.3 Å². The molecule has 0 unspecified atom stereocenters. The maximum absolute atomic E-state index is 11.7. The predicted molar refractivity (Wildman–Crippen MR) is 97.6 cm³/mol. The van der Waals surface area contributed by atoms with Crippen molar-refractivity contribution in [2.75, 3.05) is 50.5 Å². The lowest BCUT2D eigenvalue weighted by atomic mass is 10.1. The molecule has 1 N–H and O–H groups in total. The largest absolute Gasteiger partial charge is 0.372 e. The van der Waals surface area contributed by atoms with Crippen LogP contribution in [-0.4, -0.2) is 65.0 Å². The molecule has 2 fully saturated rings. The first-order chi connectivity index (χ1) is 12.3. The van der Waals surface area contributed by atoms with Gasteiger partial charge in [-0.3, -0.25) is 10.1 Å². The van der Waals surface area contributed by atoms with Gasteiger partial charge in [0.1, 0.15) is 18.3 Å². The zero-order valence-corrected chi connectivity index (χ0v) is 15.8. The molecular weight excluding hydrogens is 358 g/mol. The van der Waals surface area contributed by atoms with E-state index in [9.17, 15) is 18.5 Å². The van der Waals surface area contributed by atoms with Gasteiger partial charge < -0.3 is 14.5 Å². The maximum Gasteiger partial charge on any atom is 0.293 e. The van der Waals surface area contributed by atoms with E-state index in [4.69, 9.17) is 4.74 Å². The van der Waals surface area contributed by atoms with E-state index in [1.165, 1.54) is 23.5 Å². The molecule has 8 nitrogen and oxygen atoms in total. The molecule has 1 aromatic carbocycles. The number of nitro benzene ring substituents is 1. The Morgan fingerprint density at radius 2 is 2.04 bits per heavy atom. The molecule has 26 heavy (non-hydrogen) atoms. The summed E-state index contributed by atoms with van der Waals surface area (Å²) < 4.78 is 29.2. The van der Waals surface area contributed by atoms with Gasteiger partial charge >= 0.3 is 0 Å². The summed E-state index contributed by atoms with van der Waals surface area (Å²) in [7, 11) is -3.47. The van der Waals surface area contributed by atoms with Crippen LogP contribution in [0.2, 0.25) is 0 Å². The molecule has 9 heteroatoms. The van der Waals surface area contributed by atoms with E-state index in [1.807, 2.05) is 4.90 Å². The van der Waals surface area contributed by atoms with Crippen molar-refractivity contribution in [3.8, 4) is 0 Å². The number of hydrogen-bond donors (Lipinski definition) is 1. The second kappa shape index (κ2) is 7.89. The van der Waals surface area contributed by atoms with E-state index in [-0.39, 0.29) is 10.6 Å². The van der Waals surface area contributed by atoms with Gasteiger partial charge in [0.25, 0.3) is 5.69 Å². The first-order valence-corrected chi connectivity index (χ1v) is 10.9. The van der Waals surface area contributed by atoms with Gasteiger partial charge in [-0.25, -0.2) is 8.42 Å². The van der Waals surface area contributed by atoms with Gasteiger partial charge in [0.05, 0.1) is 36.0 Å². The van der Waals surface area contributed by atoms with Crippen LogP contribution in [-0.2, 0) is 14.6 Å². The summed E-state index contributed by atoms with van der Waals surface area (Å²) in [6.07, 6.45) is 4.87. The monoisotopic (exact) mass is 384 g/mol. The van der Waals surface area contributed by atoms with Crippen molar-refractivity contribution in [2.45, 2.75) is 30.3 Å². The van der Waals surface area contributed by atoms with E-state index in [0.29, 0.717) is 24.9 Å². The highest BCUT2D eigenvalue weighted by molar-refractivity contribution is 7.90. The fourth-order valence-electron chi connectivity index (χ4n) is 3.71. The molecule has 144 valence electrons. The molecular formula is C17H26N3O5S+. The highest BCUT2D eigenvalue weighted by Gasteiger charge is 2.29. The molecule has 2 saturated heterocycles. The minimum atomic E-state index is -3.47. The minimum Gasteiger partial charge on any atom is -0.372 e. The minimum absolute atomic E-state index is 0.0216. The Bertz CT molecular complexity index is 754. The number of nitrogens with zero attached hydrogens (tertiary/aromatic N) is 2. The lowest BCUT2D eigenvalue weighted by molar-refractivity contribution is -0.904. The number of sulfone groups is 1. The summed E-state index contributed by atoms with van der Waals surface area (Å²) in [6, 6.07) is 4.18. The fraction of sp³-hybridized carbons (Fsp3) is 0.647. The number of anilines is 1. The molecule has 0 aromatic heterocycles. The van der Waals surface area contributed by atoms with Crippen LogP contribution in [0.15, 0.2) is 23.1 Å². The molecule has 0 radical (unpaired) electrons. The molecule has 2 heterocycles. The summed E-state index contributed by atoms with van der Waals surface area (Å²) in [5, 5.41) is 11.4. The van der Waals surface area contributed by atoms with Crippen molar-refractivity contribution in [1.29, 1.82) is 0 Å². The summed E-state index contributed by atoms with van der Waals surface area (Å²) >= 11 is 0. The number of hydrogen-bond acceptors (Lipinski definition) is 6. The second-order valence-corrected chi connectivity index (χ2v) is 9.13. The van der Waals surface area contributed by atoms with Gasteiger partial charge in [0.2, 0.25) is 0 Å². The van der Waals surface area contributed by atoms with Crippen LogP contribution < -0.4 is 9.80 Å². The highest BCUT2D eigenvalue weighted by atomic mass is 32.2. The second-order valence-electron chi connectivity index (χ2n) is 7.11. The van der Waals surface area contributed by atoms with Crippen LogP contribution in [0.3, 0.4) is 0 Å². The Kier molecular flexibility index (Phi) is 5.79. The topological polar surface area (TPSA) is 94.2 Å². The third kappa shape index (κ3) is 4.52. The molecule has 0 bridgehead atoms. The Morgan fingerprint density at radius 1 is 1.31 bits per heavy atom. The van der Waals surface area contributed by atoms with Gasteiger partial charge in [-0.1, -0.05) is 0 Å². The lowest BCUT2D eigenvalue weighted by Crippen LogP contribution is -3.15. The number of piperazine rings is 1. The smallest absolute Gasteiger partial charge is 0.293 e. The maximum atomic E-state index is 11.7. The van der Waals surface area contributed by atoms with Crippen LogP contribution in [0.5, 0.6) is 0 Å². The van der Waals surface area contributed by atoms with Crippen molar-refractivity contribution in [1.82, 2.24) is 0 Å². The van der Waals surface area contributed by atoms with Gasteiger partial charge in [0.15, 0.2) is 9.84 Å². The van der Waals surface area contributed by atoms with E-state index in [2.05, 4.69) is 0 Å². The fourth-order valence-corrected chi connectivity index (χ4v) is 4.35. The van der Waals surface area contributed by atoms with Crippen LogP contribution >= 0.6 is 0 Å². The molecule has 0 spiro atoms. The van der Waals surface area contributed by atoms with E-state index in [0.717, 1.165) is 45.3 Å². The Labute approximate surface area is 153 Å². The number of nitrogens with one attached hydrogen (secondary N) is 1. The zero-order chi connectivity index (χ0) is 18.7. The van der Waals surface area contributed by atoms with Crippen molar-refractivity contribution >= 4 is 21.2 Å². The molecule has 1 atom stereocenters. The number of benzene rings is 1. The van der Waals surface area contributed by atoms with Crippen molar-refractivity contribution in [3.63, 3.8) is 0 Å². The summed E-state index contributed by atoms with van der Waals surface area (Å²) in [6.45, 7) is 5.05. The van der Waals surface area contributed by atoms with E-state index < -0.39 is 14.8 Å². The quantitative estimate of drug-likeness (QED) is 0.579. The number of rotatable bonds is 5. The summed E-state index contributed by atoms with van der Waals surface area (Å²) in [4.78, 5) is 14.4. The standard InChI is InChI=1S/C17H25N3O5S/c1-26(23,24)15-5-6-16(17(12-15)20(21)22)19-9-7-18(8-10-19)13-14-4-2-3-11-25-14/h5-6,12,14H,2-4,7-11,13H2,1H3/p+1/t14-/m1/s1. The van der Waals surface area contributed by atoms with Crippen LogP contribution in [0.1, 0.15) is 19.3 Å². The molecule has 1 aromatic rings. The van der Waals surface area contributed by atoms with Crippen molar-refractivity contribution < 1.29 is 23.0 Å². The summed E-state index contributed by atoms with van der Waals surface area (Å²) in [5.74, 6) is 0. The molecule has 0 saturated carbocycles. The Morgan fingerprint density at radius 3 is 2.62 bits per heavy atom. The summed E-state index contributed by atoms with van der Waals surface area (Å²) in [5.41, 5.74) is 0.349. The van der Waals surface area contributed by atoms with Crippen LogP contribution in [0.4, 0.5) is 11.4 Å². The third-order valence-corrected chi connectivity index (χ3v) is 6.28. The number of ether oxygens (including phenoxy) is 1. The van der Waals surface area contributed by atoms with E-state index in [1.54, 1.807) is 6.07 Å². The van der Waals surface area contributed by atoms with Crippen LogP contribution in [0.25, 0.3) is 0 Å². The average molecular weight is 384 g/mol. The number of nitro groups is 1. The SMILES string of the molecule is CS(=O)(=O)c1ccc(N2CC[NH+](C[C@H]3CCCCO3)CC2)c([N+](=O)[O-])c1. The Hall–Kier alpha value is -1.71. The van der Waals surface area contributed by atoms with E-state index >= 15 is 0 Å². The van der Waals surface area contributed by atoms with Gasteiger partial charge in [0, 0.05) is 18.9 Å². The molecule has 0 amide bonds. The lowest BCUT2D eigenvalue weighted by Gasteiger charge is -2.35. The van der Waals surface area contributed by atoms with Gasteiger partial charge in [-0.15, -0.1) is 0 Å². The van der Waals surface area contributed by atoms with Gasteiger partial charge in [-0.05, 0) is 31.4 Å². The third-order valence-electron chi connectivity index (χ3n) is 5.17. The Balaban J connectivity index is 1.67. The average Bonchev–Trinajstić information content (AvgIpc) is 2.62. The first-order valence-electron chi connectivity index (χ1n) is 9.03. The van der Waals surface area contributed by atoms with Gasteiger partial charge in [-0.2, -0.15) is 0 Å². The van der Waals surface area contributed by atoms with Crippen molar-refractivity contribution in [2.24, 2.45) is 0 Å². The first kappa shape index (κ1) is 19.1. The van der Waals surface area contributed by atoms with Crippen LogP contribution in [0, 0.1) is 10.1 Å². The number of quaternary nitrogens is 1. The normalized spacial score (nSPS) is 22.3. The molecule has 0 aliphatic carbocycles. The molecule has 2 aliphatic heterocycles. The molecule has 3 rings (SSSR count). The zero-order valence-electron chi connectivity index (χ0n) is 15.0.